The number of ether oxygens (including phenoxy) is 2. The van der Waals surface area contributed by atoms with Gasteiger partial charge in [0.2, 0.25) is 10.0 Å². The van der Waals surface area contributed by atoms with E-state index in [0.717, 1.165) is 27.8 Å². The Morgan fingerprint density at radius 2 is 1.25 bits per heavy atom. The lowest BCUT2D eigenvalue weighted by Crippen LogP contribution is -2.42. The van der Waals surface area contributed by atoms with Crippen LogP contribution in [0.4, 0.5) is 0 Å². The molecule has 0 spiro atoms. The molecule has 1 heterocycles. The van der Waals surface area contributed by atoms with Gasteiger partial charge in [0, 0.05) is 12.5 Å². The summed E-state index contributed by atoms with van der Waals surface area (Å²) in [5.41, 5.74) is 4.86. The highest BCUT2D eigenvalue weighted by atomic mass is 32.2. The Hall–Kier alpha value is -3.61. The van der Waals surface area contributed by atoms with Crippen LogP contribution >= 0.6 is 0 Å². The van der Waals surface area contributed by atoms with E-state index in [4.69, 9.17) is 9.47 Å². The van der Waals surface area contributed by atoms with Crippen molar-refractivity contribution in [1.82, 2.24) is 4.31 Å². The zero-order chi connectivity index (χ0) is 25.3. The molecule has 6 heteroatoms. The van der Waals surface area contributed by atoms with Crippen LogP contribution in [0.15, 0.2) is 102 Å². The van der Waals surface area contributed by atoms with Crippen molar-refractivity contribution < 1.29 is 17.9 Å². The Morgan fingerprint density at radius 3 is 1.81 bits per heavy atom. The Morgan fingerprint density at radius 1 is 0.722 bits per heavy atom. The maximum atomic E-state index is 14.2. The van der Waals surface area contributed by atoms with E-state index in [9.17, 15) is 8.42 Å². The molecule has 0 aliphatic carbocycles. The van der Waals surface area contributed by atoms with Crippen LogP contribution in [-0.4, -0.2) is 33.5 Å². The van der Waals surface area contributed by atoms with E-state index in [1.54, 1.807) is 30.7 Å². The Kier molecular flexibility index (Phi) is 6.56. The Balaban J connectivity index is 1.79. The lowest BCUT2D eigenvalue weighted by molar-refractivity contribution is 0.319. The lowest BCUT2D eigenvalue weighted by atomic mass is 9.80. The molecule has 0 unspecified atom stereocenters. The van der Waals surface area contributed by atoms with E-state index in [2.05, 4.69) is 0 Å². The maximum absolute atomic E-state index is 14.2. The fraction of sp³-hybridized carbons (Fsp3) is 0.200. The highest BCUT2D eigenvalue weighted by molar-refractivity contribution is 7.89. The van der Waals surface area contributed by atoms with E-state index in [1.807, 2.05) is 91.9 Å². The zero-order valence-electron chi connectivity index (χ0n) is 20.6. The Bertz CT molecular complexity index is 1450. The summed E-state index contributed by atoms with van der Waals surface area (Å²) < 4.78 is 41.4. The number of hydrogen-bond donors (Lipinski definition) is 0. The molecular formula is C30H29NO4S. The molecule has 4 aromatic carbocycles. The van der Waals surface area contributed by atoms with Crippen LogP contribution in [0, 0.1) is 6.92 Å². The van der Waals surface area contributed by atoms with Gasteiger partial charge in [-0.05, 0) is 53.4 Å². The largest absolute Gasteiger partial charge is 0.493 e. The van der Waals surface area contributed by atoms with Crippen molar-refractivity contribution >= 4 is 10.0 Å². The van der Waals surface area contributed by atoms with Gasteiger partial charge >= 0.3 is 0 Å². The predicted molar refractivity (Wildman–Crippen MR) is 141 cm³/mol. The molecule has 36 heavy (non-hydrogen) atoms. The van der Waals surface area contributed by atoms with Crippen LogP contribution < -0.4 is 9.47 Å². The SMILES string of the molecule is COc1cc2c(cc1OC)[C@H](c1ccccc1)N(S(=O)(=O)c1ccc(C)cc1)C[C@@H]2c1ccccc1. The molecule has 5 nitrogen and oxygen atoms in total. The fourth-order valence-corrected chi connectivity index (χ4v) is 6.63. The van der Waals surface area contributed by atoms with Crippen LogP contribution in [0.3, 0.4) is 0 Å². The van der Waals surface area contributed by atoms with Crippen LogP contribution in [0.1, 0.15) is 39.8 Å². The second kappa shape index (κ2) is 9.80. The van der Waals surface area contributed by atoms with Gasteiger partial charge in [0.15, 0.2) is 11.5 Å². The molecule has 0 radical (unpaired) electrons. The highest BCUT2D eigenvalue weighted by Crippen LogP contribution is 2.48. The molecule has 0 amide bonds. The highest BCUT2D eigenvalue weighted by Gasteiger charge is 2.42. The molecule has 5 rings (SSSR count). The first kappa shape index (κ1) is 24.1. The van der Waals surface area contributed by atoms with Gasteiger partial charge in [-0.15, -0.1) is 0 Å². The van der Waals surface area contributed by atoms with Crippen molar-refractivity contribution in [2.75, 3.05) is 20.8 Å². The first-order valence-electron chi connectivity index (χ1n) is 11.9. The van der Waals surface area contributed by atoms with Gasteiger partial charge in [-0.25, -0.2) is 8.42 Å². The quantitative estimate of drug-likeness (QED) is 0.330. The number of aryl methyl sites for hydroxylation is 1. The molecule has 0 fully saturated rings. The number of benzene rings is 4. The van der Waals surface area contributed by atoms with E-state index < -0.39 is 16.1 Å². The molecule has 0 N–H and O–H groups in total. The minimum absolute atomic E-state index is 0.179. The first-order chi connectivity index (χ1) is 17.4. The van der Waals surface area contributed by atoms with Crippen LogP contribution in [-0.2, 0) is 10.0 Å². The topological polar surface area (TPSA) is 55.8 Å². The third kappa shape index (κ3) is 4.27. The second-order valence-electron chi connectivity index (χ2n) is 9.00. The summed E-state index contributed by atoms with van der Waals surface area (Å²) in [5.74, 6) is 1.01. The predicted octanol–water partition coefficient (Wildman–Crippen LogP) is 5.94. The van der Waals surface area contributed by atoms with Gasteiger partial charge in [0.25, 0.3) is 0 Å². The summed E-state index contributed by atoms with van der Waals surface area (Å²) in [7, 11) is -0.618. The van der Waals surface area contributed by atoms with E-state index in [-0.39, 0.29) is 10.8 Å². The van der Waals surface area contributed by atoms with Gasteiger partial charge in [0.1, 0.15) is 0 Å². The summed E-state index contributed by atoms with van der Waals surface area (Å²) in [6.45, 7) is 2.24. The molecule has 0 saturated heterocycles. The molecule has 4 aromatic rings. The standard InChI is InChI=1S/C30H29NO4S/c1-21-14-16-24(17-15-21)36(32,33)31-20-27(22-10-6-4-7-11-22)25-18-28(34-2)29(35-3)19-26(25)30(31)23-12-8-5-9-13-23/h4-19,27,30H,20H2,1-3H3/t27-,30+/m1/s1. The summed E-state index contributed by atoms with van der Waals surface area (Å²) in [4.78, 5) is 0.282. The lowest BCUT2D eigenvalue weighted by Gasteiger charge is -2.41. The average molecular weight is 500 g/mol. The first-order valence-corrected chi connectivity index (χ1v) is 13.3. The summed E-state index contributed by atoms with van der Waals surface area (Å²) in [5, 5.41) is 0. The molecule has 1 aliphatic heterocycles. The van der Waals surface area contributed by atoms with Crippen molar-refractivity contribution in [3.8, 4) is 11.5 Å². The summed E-state index contributed by atoms with van der Waals surface area (Å²) in [6, 6.07) is 30.3. The summed E-state index contributed by atoms with van der Waals surface area (Å²) >= 11 is 0. The molecule has 2 atom stereocenters. The smallest absolute Gasteiger partial charge is 0.243 e. The third-order valence-electron chi connectivity index (χ3n) is 6.85. The van der Waals surface area contributed by atoms with Crippen molar-refractivity contribution in [2.45, 2.75) is 23.8 Å². The van der Waals surface area contributed by atoms with Gasteiger partial charge in [-0.1, -0.05) is 78.4 Å². The van der Waals surface area contributed by atoms with Gasteiger partial charge in [0.05, 0.1) is 25.2 Å². The van der Waals surface area contributed by atoms with E-state index in [0.29, 0.717) is 18.0 Å². The molecule has 0 bridgehead atoms. The van der Waals surface area contributed by atoms with Crippen LogP contribution in [0.25, 0.3) is 0 Å². The maximum Gasteiger partial charge on any atom is 0.243 e. The van der Waals surface area contributed by atoms with Gasteiger partial charge in [-0.3, -0.25) is 0 Å². The zero-order valence-corrected chi connectivity index (χ0v) is 21.4. The fourth-order valence-electron chi connectivity index (χ4n) is 5.02. The molecule has 0 aromatic heterocycles. The van der Waals surface area contributed by atoms with Crippen LogP contribution in [0.2, 0.25) is 0 Å². The van der Waals surface area contributed by atoms with Gasteiger partial charge in [-0.2, -0.15) is 4.31 Å². The number of rotatable bonds is 6. The van der Waals surface area contributed by atoms with Crippen molar-refractivity contribution in [1.29, 1.82) is 0 Å². The number of sulfonamides is 1. The normalized spacial score (nSPS) is 17.9. The van der Waals surface area contributed by atoms with Crippen molar-refractivity contribution in [2.24, 2.45) is 0 Å². The Labute approximate surface area is 213 Å². The van der Waals surface area contributed by atoms with Gasteiger partial charge < -0.3 is 9.47 Å². The number of nitrogens with zero attached hydrogens (tertiary/aromatic N) is 1. The molecular weight excluding hydrogens is 470 g/mol. The number of fused-ring (bicyclic) bond motifs is 1. The van der Waals surface area contributed by atoms with Crippen LogP contribution in [0.5, 0.6) is 11.5 Å². The van der Waals surface area contributed by atoms with E-state index >= 15 is 0 Å². The minimum Gasteiger partial charge on any atom is -0.493 e. The summed E-state index contributed by atoms with van der Waals surface area (Å²) in [6.07, 6.45) is 0. The monoisotopic (exact) mass is 499 g/mol. The molecule has 184 valence electrons. The second-order valence-corrected chi connectivity index (χ2v) is 10.9. The van der Waals surface area contributed by atoms with E-state index in [1.165, 1.54) is 0 Å². The third-order valence-corrected chi connectivity index (χ3v) is 8.70. The molecule has 0 saturated carbocycles. The van der Waals surface area contributed by atoms with Crippen molar-refractivity contribution in [3.05, 3.63) is 125 Å². The average Bonchev–Trinajstić information content (AvgIpc) is 2.92. The number of hydrogen-bond acceptors (Lipinski definition) is 4. The minimum atomic E-state index is -3.83. The van der Waals surface area contributed by atoms with Crippen molar-refractivity contribution in [3.63, 3.8) is 0 Å². The number of methoxy groups -OCH3 is 2. The molecule has 1 aliphatic rings.